The Bertz CT molecular complexity index is 516. The van der Waals surface area contributed by atoms with Crippen LogP contribution in [0.2, 0.25) is 0 Å². The molecule has 0 aliphatic heterocycles. The van der Waals surface area contributed by atoms with Crippen LogP contribution in [0.15, 0.2) is 35.2 Å². The van der Waals surface area contributed by atoms with E-state index in [-0.39, 0.29) is 29.6 Å². The average molecular weight is 258 g/mol. The zero-order valence-electron chi connectivity index (χ0n) is 10.0. The second-order valence-electron chi connectivity index (χ2n) is 3.65. The Balaban J connectivity index is 0.00000144. The monoisotopic (exact) mass is 258 g/mol. The molecule has 2 aromatic rings. The Kier molecular flexibility index (Phi) is 5.95. The van der Waals surface area contributed by atoms with Crippen LogP contribution in [0, 0.1) is 13.8 Å². The minimum absolute atomic E-state index is 0. The van der Waals surface area contributed by atoms with Crippen molar-refractivity contribution in [2.45, 2.75) is 18.7 Å². The van der Waals surface area contributed by atoms with Gasteiger partial charge in [0.2, 0.25) is 0 Å². The summed E-state index contributed by atoms with van der Waals surface area (Å²) in [6.07, 6.45) is 0. The molecule has 0 bridgehead atoms. The number of hydrogen-bond donors (Lipinski definition) is 0. The van der Waals surface area contributed by atoms with E-state index in [1.165, 1.54) is 10.9 Å². The topological polar surface area (TPSA) is 41.5 Å². The van der Waals surface area contributed by atoms with Crippen LogP contribution in [-0.2, 0) is 9.37 Å². The molecule has 0 aliphatic rings. The molecule has 17 heavy (non-hydrogen) atoms. The first-order valence-corrected chi connectivity index (χ1v) is 5.59. The van der Waals surface area contributed by atoms with Crippen molar-refractivity contribution in [2.24, 2.45) is 0 Å². The minimum Gasteiger partial charge on any atom is -0.691 e. The quantitative estimate of drug-likeness (QED) is 0.328. The third-order valence-corrected chi connectivity index (χ3v) is 3.11. The molecule has 0 spiro atoms. The molecule has 0 fully saturated rings. The van der Waals surface area contributed by atoms with Crippen molar-refractivity contribution in [1.29, 1.82) is 0 Å². The summed E-state index contributed by atoms with van der Waals surface area (Å²) in [6, 6.07) is 10.1. The fraction of sp³-hybridized carbons (Fsp3) is 0.167. The van der Waals surface area contributed by atoms with Crippen LogP contribution in [0.1, 0.15) is 11.1 Å². The van der Waals surface area contributed by atoms with Crippen molar-refractivity contribution in [3.05, 3.63) is 41.5 Å². The van der Waals surface area contributed by atoms with Gasteiger partial charge in [0.05, 0.1) is 12.0 Å². The molecule has 2 aromatic carbocycles. The van der Waals surface area contributed by atoms with E-state index < -0.39 is 0 Å². The first-order valence-electron chi connectivity index (χ1n) is 4.85. The maximum atomic E-state index is 9.85. The van der Waals surface area contributed by atoms with Crippen molar-refractivity contribution in [3.8, 4) is 0 Å². The Morgan fingerprint density at radius 1 is 1.12 bits per heavy atom. The Morgan fingerprint density at radius 2 is 1.88 bits per heavy atom. The summed E-state index contributed by atoms with van der Waals surface area (Å²) < 4.78 is 4.38. The van der Waals surface area contributed by atoms with Gasteiger partial charge >= 0.3 is 29.6 Å². The smallest absolute Gasteiger partial charge is 0.691 e. The number of hydrogen-bond acceptors (Lipinski definition) is 4. The largest absolute Gasteiger partial charge is 1.00 e. The van der Waals surface area contributed by atoms with Crippen molar-refractivity contribution in [1.82, 2.24) is 0 Å². The van der Waals surface area contributed by atoms with Gasteiger partial charge in [0.15, 0.2) is 0 Å². The van der Waals surface area contributed by atoms with Gasteiger partial charge in [0.1, 0.15) is 0 Å². The van der Waals surface area contributed by atoms with E-state index in [9.17, 15) is 5.26 Å². The van der Waals surface area contributed by atoms with Crippen molar-refractivity contribution < 1.29 is 44.2 Å². The van der Waals surface area contributed by atoms with Crippen LogP contribution in [0.3, 0.4) is 0 Å². The van der Waals surface area contributed by atoms with E-state index in [2.05, 4.69) is 28.4 Å². The standard InChI is InChI=1S/C12H12O3S.Na/c1-8-6-11-9(2)4-3-5-10(11)12(7-8)16-15-14-13;/h3-7,13H,1-2H3;/q;+1/p-1. The van der Waals surface area contributed by atoms with Crippen LogP contribution in [0.25, 0.3) is 10.8 Å². The summed E-state index contributed by atoms with van der Waals surface area (Å²) >= 11 is 0.938. The van der Waals surface area contributed by atoms with E-state index in [4.69, 9.17) is 0 Å². The molecule has 0 heterocycles. The summed E-state index contributed by atoms with van der Waals surface area (Å²) in [5, 5.41) is 15.5. The zero-order chi connectivity index (χ0) is 11.5. The summed E-state index contributed by atoms with van der Waals surface area (Å²) in [7, 11) is 0. The zero-order valence-corrected chi connectivity index (χ0v) is 12.8. The summed E-state index contributed by atoms with van der Waals surface area (Å²) in [6.45, 7) is 4.06. The molecule has 0 N–H and O–H groups in total. The van der Waals surface area contributed by atoms with Gasteiger partial charge in [-0.2, -0.15) is 4.33 Å². The summed E-state index contributed by atoms with van der Waals surface area (Å²) in [5.74, 6) is 0. The van der Waals surface area contributed by atoms with E-state index in [1.54, 1.807) is 0 Å². The molecule has 2 rings (SSSR count). The van der Waals surface area contributed by atoms with Crippen molar-refractivity contribution >= 4 is 22.8 Å². The van der Waals surface area contributed by atoms with Gasteiger partial charge in [-0.3, -0.25) is 5.04 Å². The molecule has 0 saturated heterocycles. The Hall–Kier alpha value is -0.0700. The molecule has 0 amide bonds. The maximum Gasteiger partial charge on any atom is 1.00 e. The minimum atomic E-state index is 0. The molecule has 5 heteroatoms. The van der Waals surface area contributed by atoms with Gasteiger partial charge in [0.25, 0.3) is 0 Å². The first kappa shape index (κ1) is 15.0. The predicted molar refractivity (Wildman–Crippen MR) is 61.4 cm³/mol. The fourth-order valence-corrected chi connectivity index (χ4v) is 2.36. The second-order valence-corrected chi connectivity index (χ2v) is 4.40. The molecule has 3 nitrogen and oxygen atoms in total. The van der Waals surface area contributed by atoms with Gasteiger partial charge in [-0.15, -0.1) is 0 Å². The van der Waals surface area contributed by atoms with Gasteiger partial charge < -0.3 is 5.26 Å². The van der Waals surface area contributed by atoms with E-state index in [0.717, 1.165) is 27.9 Å². The molecule has 0 aromatic heterocycles. The van der Waals surface area contributed by atoms with Crippen LogP contribution < -0.4 is 34.8 Å². The van der Waals surface area contributed by atoms with Crippen LogP contribution in [0.4, 0.5) is 0 Å². The van der Waals surface area contributed by atoms with Crippen LogP contribution in [-0.4, -0.2) is 0 Å². The first-order chi connectivity index (χ1) is 7.72. The molecule has 0 saturated carbocycles. The third-order valence-electron chi connectivity index (χ3n) is 2.47. The SMILES string of the molecule is Cc1cc(SOO[O-])c2cccc(C)c2c1.[Na+]. The number of aryl methyl sites for hydroxylation is 2. The van der Waals surface area contributed by atoms with E-state index in [0.29, 0.717) is 0 Å². The van der Waals surface area contributed by atoms with E-state index >= 15 is 0 Å². The average Bonchev–Trinajstić information content (AvgIpc) is 2.27. The third kappa shape index (κ3) is 3.45. The number of rotatable bonds is 3. The van der Waals surface area contributed by atoms with Crippen molar-refractivity contribution in [3.63, 3.8) is 0 Å². The number of fused-ring (bicyclic) bond motifs is 1. The molecule has 84 valence electrons. The molecular weight excluding hydrogens is 247 g/mol. The van der Waals surface area contributed by atoms with Crippen molar-refractivity contribution in [2.75, 3.05) is 0 Å². The van der Waals surface area contributed by atoms with E-state index in [1.807, 2.05) is 25.1 Å². The molecule has 0 unspecified atom stereocenters. The van der Waals surface area contributed by atoms with Gasteiger partial charge in [-0.05, 0) is 41.8 Å². The fourth-order valence-electron chi connectivity index (χ4n) is 1.76. The molecule has 0 aliphatic carbocycles. The van der Waals surface area contributed by atoms with Gasteiger partial charge in [-0.25, -0.2) is 0 Å². The second kappa shape index (κ2) is 6.75. The summed E-state index contributed by atoms with van der Waals surface area (Å²) in [5.41, 5.74) is 2.32. The Morgan fingerprint density at radius 3 is 2.59 bits per heavy atom. The predicted octanol–water partition coefficient (Wildman–Crippen LogP) is -0.309. The van der Waals surface area contributed by atoms with Crippen LogP contribution in [0.5, 0.6) is 0 Å². The Labute approximate surface area is 126 Å². The normalized spacial score (nSPS) is 10.3. The summed E-state index contributed by atoms with van der Waals surface area (Å²) in [4.78, 5) is 0.884. The number of benzene rings is 2. The molecule has 0 atom stereocenters. The van der Waals surface area contributed by atoms with Gasteiger partial charge in [-0.1, -0.05) is 24.3 Å². The van der Waals surface area contributed by atoms with Crippen LogP contribution >= 0.6 is 12.0 Å². The maximum absolute atomic E-state index is 9.85. The van der Waals surface area contributed by atoms with Gasteiger partial charge in [0, 0.05) is 4.90 Å². The molecular formula is C12H11NaO3S. The molecule has 0 radical (unpaired) electrons.